The third-order valence-electron chi connectivity index (χ3n) is 5.13. The number of aromatic hydroxyl groups is 4. The van der Waals surface area contributed by atoms with Crippen molar-refractivity contribution < 1.29 is 60.3 Å². The maximum Gasteiger partial charge on any atom is 0.244 e. The maximum absolute atomic E-state index is 12.8. The van der Waals surface area contributed by atoms with E-state index in [0.29, 0.717) is 12.2 Å². The quantitative estimate of drug-likeness (QED) is 0.0756. The summed E-state index contributed by atoms with van der Waals surface area (Å²) in [5.74, 6) is -7.05. The minimum Gasteiger partial charge on any atom is -0.504 e. The van der Waals surface area contributed by atoms with Gasteiger partial charge in [-0.15, -0.1) is 0 Å². The van der Waals surface area contributed by atoms with Crippen molar-refractivity contribution in [3.05, 3.63) is 59.7 Å². The summed E-state index contributed by atoms with van der Waals surface area (Å²) in [5, 5.41) is 87.7. The third-order valence-corrected chi connectivity index (χ3v) is 5.13. The second-order valence-corrected chi connectivity index (χ2v) is 7.67. The molecule has 36 heavy (non-hydrogen) atoms. The molecule has 12 heteroatoms. The minimum absolute atomic E-state index is 0.0947. The molecule has 0 aliphatic rings. The van der Waals surface area contributed by atoms with Crippen LogP contribution in [0.4, 0.5) is 0 Å². The number of benzene rings is 2. The summed E-state index contributed by atoms with van der Waals surface area (Å²) in [7, 11) is 0. The predicted octanol–water partition coefficient (Wildman–Crippen LogP) is -1.25. The highest BCUT2D eigenvalue weighted by Crippen LogP contribution is 2.27. The van der Waals surface area contributed by atoms with E-state index in [9.17, 15) is 55.2 Å². The van der Waals surface area contributed by atoms with E-state index in [1.807, 2.05) is 0 Å². The topological polar surface area (TPSA) is 233 Å². The zero-order valence-corrected chi connectivity index (χ0v) is 18.5. The highest BCUT2D eigenvalue weighted by atomic mass is 16.4. The van der Waals surface area contributed by atoms with Crippen molar-refractivity contribution in [3.63, 3.8) is 0 Å². The van der Waals surface area contributed by atoms with E-state index in [0.717, 1.165) is 36.4 Å². The van der Waals surface area contributed by atoms with Crippen LogP contribution in [0.25, 0.3) is 12.2 Å². The first-order valence-electron chi connectivity index (χ1n) is 10.2. The summed E-state index contributed by atoms with van der Waals surface area (Å²) in [6, 6.07) is 6.70. The number of carbonyl (C=O) groups excluding carboxylic acids is 3. The zero-order valence-electron chi connectivity index (χ0n) is 18.5. The number of phenols is 4. The Balaban J connectivity index is 2.43. The molecule has 0 saturated heterocycles. The molecule has 12 nitrogen and oxygen atoms in total. The lowest BCUT2D eigenvalue weighted by Gasteiger charge is -2.32. The van der Waals surface area contributed by atoms with Crippen LogP contribution in [0.1, 0.15) is 11.1 Å². The number of phenolic OH excluding ortho intramolecular Hbond substituents is 4. The van der Waals surface area contributed by atoms with E-state index in [1.165, 1.54) is 12.1 Å². The summed E-state index contributed by atoms with van der Waals surface area (Å²) in [4.78, 5) is 38.2. The van der Waals surface area contributed by atoms with Gasteiger partial charge in [0, 0.05) is 0 Å². The molecule has 0 aliphatic heterocycles. The lowest BCUT2D eigenvalue weighted by Crippen LogP contribution is -2.63. The van der Waals surface area contributed by atoms with Gasteiger partial charge in [0.2, 0.25) is 17.2 Å². The van der Waals surface area contributed by atoms with Crippen LogP contribution >= 0.6 is 0 Å². The molecule has 0 aliphatic carbocycles. The second kappa shape index (κ2) is 11.6. The van der Waals surface area contributed by atoms with Crippen LogP contribution in [-0.4, -0.2) is 93.8 Å². The number of ketones is 3. The molecule has 2 aromatic rings. The average Bonchev–Trinajstić information content (AvgIpc) is 2.87. The van der Waals surface area contributed by atoms with Gasteiger partial charge in [-0.1, -0.05) is 24.3 Å². The van der Waals surface area contributed by atoms with Crippen LogP contribution in [-0.2, 0) is 14.4 Å². The molecule has 0 spiro atoms. The van der Waals surface area contributed by atoms with E-state index < -0.39 is 70.9 Å². The minimum atomic E-state index is -3.62. The molecule has 0 fully saturated rings. The standard InChI is InChI=1S/C24H24O12/c25-11-19(31)21(33)23(35)24(36,20(32)8-4-13-2-6-15(27)18(30)10-13)22(34)16(28)7-3-12-1-5-14(26)17(29)9-12/h1-10,19,21,23,25-27,29-31,33,35-36H,11H2/t19-,21-,23+,24+/m1/s1. The molecule has 192 valence electrons. The first-order valence-corrected chi connectivity index (χ1v) is 10.2. The normalized spacial score (nSPS) is 15.9. The van der Waals surface area contributed by atoms with Crippen molar-refractivity contribution in [3.8, 4) is 23.0 Å². The fourth-order valence-corrected chi connectivity index (χ4v) is 2.98. The molecule has 0 amide bonds. The lowest BCUT2D eigenvalue weighted by molar-refractivity contribution is -0.179. The van der Waals surface area contributed by atoms with Crippen LogP contribution in [0, 0.1) is 0 Å². The van der Waals surface area contributed by atoms with Crippen molar-refractivity contribution in [1.82, 2.24) is 0 Å². The van der Waals surface area contributed by atoms with E-state index in [2.05, 4.69) is 0 Å². The number of allylic oxidation sites excluding steroid dienone is 1. The molecule has 0 saturated carbocycles. The molecule has 4 atom stereocenters. The van der Waals surface area contributed by atoms with Gasteiger partial charge < -0.3 is 46.0 Å². The van der Waals surface area contributed by atoms with E-state index in [4.69, 9.17) is 5.11 Å². The van der Waals surface area contributed by atoms with Gasteiger partial charge in [-0.05, 0) is 47.5 Å². The smallest absolute Gasteiger partial charge is 0.244 e. The molecule has 0 radical (unpaired) electrons. The van der Waals surface area contributed by atoms with Gasteiger partial charge in [0.05, 0.1) is 6.61 Å². The first-order chi connectivity index (χ1) is 16.8. The monoisotopic (exact) mass is 504 g/mol. The van der Waals surface area contributed by atoms with Gasteiger partial charge in [-0.25, -0.2) is 0 Å². The molecule has 0 heterocycles. The Kier molecular flexibility index (Phi) is 9.06. The van der Waals surface area contributed by atoms with Crippen LogP contribution < -0.4 is 0 Å². The Morgan fingerprint density at radius 3 is 1.69 bits per heavy atom. The first kappa shape index (κ1) is 28.2. The van der Waals surface area contributed by atoms with Crippen molar-refractivity contribution in [1.29, 1.82) is 0 Å². The predicted molar refractivity (Wildman–Crippen MR) is 123 cm³/mol. The van der Waals surface area contributed by atoms with Crippen LogP contribution in [0.2, 0.25) is 0 Å². The Morgan fingerprint density at radius 2 is 1.25 bits per heavy atom. The lowest BCUT2D eigenvalue weighted by atomic mass is 9.81. The molecular weight excluding hydrogens is 480 g/mol. The number of rotatable bonds is 11. The van der Waals surface area contributed by atoms with Crippen molar-refractivity contribution >= 4 is 29.5 Å². The fraction of sp³-hybridized carbons (Fsp3) is 0.208. The Hall–Kier alpha value is -4.07. The largest absolute Gasteiger partial charge is 0.504 e. The van der Waals surface area contributed by atoms with Crippen molar-refractivity contribution in [2.45, 2.75) is 23.9 Å². The van der Waals surface area contributed by atoms with Gasteiger partial charge in [-0.3, -0.25) is 14.4 Å². The highest BCUT2D eigenvalue weighted by Gasteiger charge is 2.54. The van der Waals surface area contributed by atoms with Gasteiger partial charge in [0.1, 0.15) is 18.3 Å². The molecule has 0 bridgehead atoms. The number of aliphatic hydroxyl groups excluding tert-OH is 4. The van der Waals surface area contributed by atoms with E-state index in [1.54, 1.807) is 0 Å². The number of hydrogen-bond acceptors (Lipinski definition) is 12. The molecular formula is C24H24O12. The number of aliphatic hydroxyl groups is 5. The van der Waals surface area contributed by atoms with Crippen LogP contribution in [0.15, 0.2) is 48.6 Å². The van der Waals surface area contributed by atoms with E-state index >= 15 is 0 Å². The van der Waals surface area contributed by atoms with Crippen molar-refractivity contribution in [2.75, 3.05) is 6.61 Å². The van der Waals surface area contributed by atoms with Crippen LogP contribution in [0.3, 0.4) is 0 Å². The molecule has 2 rings (SSSR count). The SMILES string of the molecule is O=C(C=Cc1ccc(O)c(O)c1)C(=O)[C@@](O)(C(=O)C=Cc1ccc(O)c(O)c1)[C@@H](O)[C@H](O)[C@H](O)CO. The Labute approximate surface area is 203 Å². The number of Topliss-reactive ketones (excluding diaryl/α,β-unsaturated/α-hetero) is 1. The molecule has 0 unspecified atom stereocenters. The summed E-state index contributed by atoms with van der Waals surface area (Å²) in [6.45, 7) is -1.13. The molecule has 2 aromatic carbocycles. The summed E-state index contributed by atoms with van der Waals surface area (Å²) in [5.41, 5.74) is -3.40. The van der Waals surface area contributed by atoms with Gasteiger partial charge in [-0.2, -0.15) is 0 Å². The summed E-state index contributed by atoms with van der Waals surface area (Å²) >= 11 is 0. The van der Waals surface area contributed by atoms with E-state index in [-0.39, 0.29) is 11.1 Å². The maximum atomic E-state index is 12.8. The average molecular weight is 504 g/mol. The number of hydrogen-bond donors (Lipinski definition) is 9. The van der Waals surface area contributed by atoms with Gasteiger partial charge in [0.25, 0.3) is 0 Å². The Bertz CT molecular complexity index is 1200. The zero-order chi connectivity index (χ0) is 27.2. The van der Waals surface area contributed by atoms with Crippen LogP contribution in [0.5, 0.6) is 23.0 Å². The van der Waals surface area contributed by atoms with Gasteiger partial charge >= 0.3 is 0 Å². The highest BCUT2D eigenvalue weighted by molar-refractivity contribution is 6.49. The Morgan fingerprint density at radius 1 is 0.778 bits per heavy atom. The van der Waals surface area contributed by atoms with Gasteiger partial charge in [0.15, 0.2) is 28.8 Å². The molecule has 0 aromatic heterocycles. The molecule has 9 N–H and O–H groups in total. The fourth-order valence-electron chi connectivity index (χ4n) is 2.98. The summed E-state index contributed by atoms with van der Waals surface area (Å²) < 4.78 is 0. The van der Waals surface area contributed by atoms with Crippen molar-refractivity contribution in [2.24, 2.45) is 0 Å². The third kappa shape index (κ3) is 6.13. The summed E-state index contributed by atoms with van der Waals surface area (Å²) in [6.07, 6.45) is -4.21. The number of carbonyl (C=O) groups is 3. The second-order valence-electron chi connectivity index (χ2n) is 7.67.